The standard InChI is InChI=1S/C14H12FN3/c1-10-6-7-11(9-17-10)14(8-16)18-13-5-3-2-4-12(13)15/h2-7,9,14,18H,1H3. The van der Waals surface area contributed by atoms with Crippen LogP contribution in [0.2, 0.25) is 0 Å². The summed E-state index contributed by atoms with van der Waals surface area (Å²) in [7, 11) is 0. The summed E-state index contributed by atoms with van der Waals surface area (Å²) in [6.45, 7) is 1.87. The number of halogens is 1. The third-order valence-corrected chi connectivity index (χ3v) is 2.57. The molecule has 4 heteroatoms. The molecule has 0 aliphatic rings. The molecule has 1 aromatic carbocycles. The third kappa shape index (κ3) is 2.64. The van der Waals surface area contributed by atoms with E-state index >= 15 is 0 Å². The Morgan fingerprint density at radius 2 is 2.06 bits per heavy atom. The van der Waals surface area contributed by atoms with E-state index in [2.05, 4.69) is 16.4 Å². The zero-order valence-electron chi connectivity index (χ0n) is 9.89. The predicted octanol–water partition coefficient (Wildman–Crippen LogP) is 3.21. The molecule has 1 unspecified atom stereocenters. The van der Waals surface area contributed by atoms with Gasteiger partial charge in [-0.1, -0.05) is 18.2 Å². The average Bonchev–Trinajstić information content (AvgIpc) is 2.39. The number of rotatable bonds is 3. The first-order chi connectivity index (χ1) is 8.70. The largest absolute Gasteiger partial charge is 0.364 e. The number of hydrogen-bond donors (Lipinski definition) is 1. The number of aromatic nitrogens is 1. The van der Waals surface area contributed by atoms with E-state index in [1.54, 1.807) is 24.4 Å². The molecule has 1 heterocycles. The number of anilines is 1. The molecule has 2 rings (SSSR count). The first-order valence-corrected chi connectivity index (χ1v) is 5.54. The molecule has 1 atom stereocenters. The van der Waals surface area contributed by atoms with Crippen LogP contribution in [0.4, 0.5) is 10.1 Å². The summed E-state index contributed by atoms with van der Waals surface area (Å²) in [6.07, 6.45) is 1.62. The minimum absolute atomic E-state index is 0.310. The summed E-state index contributed by atoms with van der Waals surface area (Å²) in [5.74, 6) is -0.377. The SMILES string of the molecule is Cc1ccc(C(C#N)Nc2ccccc2F)cn1. The smallest absolute Gasteiger partial charge is 0.146 e. The highest BCUT2D eigenvalue weighted by Gasteiger charge is 2.12. The Morgan fingerprint density at radius 1 is 1.28 bits per heavy atom. The molecule has 2 aromatic rings. The Hall–Kier alpha value is -2.41. The van der Waals surface area contributed by atoms with Crippen molar-refractivity contribution in [1.82, 2.24) is 4.98 Å². The van der Waals surface area contributed by atoms with Gasteiger partial charge in [-0.15, -0.1) is 0 Å². The molecule has 1 N–H and O–H groups in total. The molecule has 18 heavy (non-hydrogen) atoms. The van der Waals surface area contributed by atoms with Crippen molar-refractivity contribution in [2.24, 2.45) is 0 Å². The fourth-order valence-corrected chi connectivity index (χ4v) is 1.57. The van der Waals surface area contributed by atoms with Gasteiger partial charge in [0.05, 0.1) is 11.8 Å². The zero-order valence-corrected chi connectivity index (χ0v) is 9.89. The molecular formula is C14H12FN3. The van der Waals surface area contributed by atoms with Crippen LogP contribution in [0.1, 0.15) is 17.3 Å². The van der Waals surface area contributed by atoms with Gasteiger partial charge in [0.1, 0.15) is 11.9 Å². The van der Waals surface area contributed by atoms with Crippen LogP contribution in [0.5, 0.6) is 0 Å². The van der Waals surface area contributed by atoms with Crippen LogP contribution >= 0.6 is 0 Å². The maximum atomic E-state index is 13.5. The Labute approximate surface area is 105 Å². The fourth-order valence-electron chi connectivity index (χ4n) is 1.57. The first kappa shape index (κ1) is 12.1. The predicted molar refractivity (Wildman–Crippen MR) is 67.4 cm³/mol. The van der Waals surface area contributed by atoms with Crippen molar-refractivity contribution in [2.75, 3.05) is 5.32 Å². The summed E-state index contributed by atoms with van der Waals surface area (Å²) in [5, 5.41) is 12.0. The van der Waals surface area contributed by atoms with E-state index in [4.69, 9.17) is 5.26 Å². The first-order valence-electron chi connectivity index (χ1n) is 5.54. The van der Waals surface area contributed by atoms with E-state index in [-0.39, 0.29) is 5.82 Å². The topological polar surface area (TPSA) is 48.7 Å². The van der Waals surface area contributed by atoms with Crippen molar-refractivity contribution in [3.63, 3.8) is 0 Å². The van der Waals surface area contributed by atoms with Gasteiger partial charge in [0.15, 0.2) is 0 Å². The molecule has 0 saturated heterocycles. The summed E-state index contributed by atoms with van der Waals surface area (Å²) in [4.78, 5) is 4.13. The van der Waals surface area contributed by atoms with Gasteiger partial charge in [0.2, 0.25) is 0 Å². The summed E-state index contributed by atoms with van der Waals surface area (Å²) >= 11 is 0. The number of nitrogens with zero attached hydrogens (tertiary/aromatic N) is 2. The Bertz CT molecular complexity index is 572. The molecule has 0 fully saturated rings. The van der Waals surface area contributed by atoms with Crippen molar-refractivity contribution in [3.8, 4) is 6.07 Å². The van der Waals surface area contributed by atoms with Crippen LogP contribution < -0.4 is 5.32 Å². The Kier molecular flexibility index (Phi) is 3.54. The van der Waals surface area contributed by atoms with E-state index in [1.807, 2.05) is 19.1 Å². The number of nitriles is 1. The minimum Gasteiger partial charge on any atom is -0.364 e. The Balaban J connectivity index is 2.23. The maximum absolute atomic E-state index is 13.5. The highest BCUT2D eigenvalue weighted by Crippen LogP contribution is 2.20. The fraction of sp³-hybridized carbons (Fsp3) is 0.143. The van der Waals surface area contributed by atoms with Gasteiger partial charge in [-0.3, -0.25) is 4.98 Å². The zero-order chi connectivity index (χ0) is 13.0. The number of pyridine rings is 1. The lowest BCUT2D eigenvalue weighted by molar-refractivity contribution is 0.629. The van der Waals surface area contributed by atoms with E-state index < -0.39 is 6.04 Å². The lowest BCUT2D eigenvalue weighted by Gasteiger charge is -2.13. The second-order valence-electron chi connectivity index (χ2n) is 3.92. The van der Waals surface area contributed by atoms with Crippen molar-refractivity contribution >= 4 is 5.69 Å². The van der Waals surface area contributed by atoms with Crippen LogP contribution in [-0.4, -0.2) is 4.98 Å². The van der Waals surface area contributed by atoms with Gasteiger partial charge in [-0.2, -0.15) is 5.26 Å². The van der Waals surface area contributed by atoms with Gasteiger partial charge in [-0.25, -0.2) is 4.39 Å². The van der Waals surface area contributed by atoms with Crippen LogP contribution in [0.3, 0.4) is 0 Å². The van der Waals surface area contributed by atoms with Gasteiger partial charge in [0, 0.05) is 17.5 Å². The van der Waals surface area contributed by atoms with Crippen LogP contribution in [-0.2, 0) is 0 Å². The average molecular weight is 241 g/mol. The van der Waals surface area contributed by atoms with Gasteiger partial charge >= 0.3 is 0 Å². The summed E-state index contributed by atoms with van der Waals surface area (Å²) < 4.78 is 13.5. The van der Waals surface area contributed by atoms with Crippen molar-refractivity contribution < 1.29 is 4.39 Å². The lowest BCUT2D eigenvalue weighted by atomic mass is 10.1. The van der Waals surface area contributed by atoms with E-state index in [0.29, 0.717) is 11.3 Å². The molecule has 0 aliphatic carbocycles. The molecule has 3 nitrogen and oxygen atoms in total. The monoisotopic (exact) mass is 241 g/mol. The third-order valence-electron chi connectivity index (χ3n) is 2.57. The molecule has 90 valence electrons. The lowest BCUT2D eigenvalue weighted by Crippen LogP contribution is -2.10. The molecule has 1 aromatic heterocycles. The van der Waals surface area contributed by atoms with Crippen molar-refractivity contribution in [1.29, 1.82) is 5.26 Å². The minimum atomic E-state index is -0.616. The molecular weight excluding hydrogens is 229 g/mol. The second kappa shape index (κ2) is 5.28. The number of aryl methyl sites for hydroxylation is 1. The molecule has 0 spiro atoms. The molecule has 0 saturated carbocycles. The normalized spacial score (nSPS) is 11.6. The molecule has 0 amide bonds. The second-order valence-corrected chi connectivity index (χ2v) is 3.92. The van der Waals surface area contributed by atoms with E-state index in [1.165, 1.54) is 6.07 Å². The highest BCUT2D eigenvalue weighted by atomic mass is 19.1. The van der Waals surface area contributed by atoms with E-state index in [0.717, 1.165) is 5.69 Å². The summed E-state index contributed by atoms with van der Waals surface area (Å²) in [6, 6.07) is 11.4. The molecule has 0 bridgehead atoms. The van der Waals surface area contributed by atoms with Crippen molar-refractivity contribution in [2.45, 2.75) is 13.0 Å². The highest BCUT2D eigenvalue weighted by molar-refractivity contribution is 5.48. The van der Waals surface area contributed by atoms with Gasteiger partial charge in [0.25, 0.3) is 0 Å². The van der Waals surface area contributed by atoms with Gasteiger partial charge < -0.3 is 5.32 Å². The summed E-state index contributed by atoms with van der Waals surface area (Å²) in [5.41, 5.74) is 1.90. The van der Waals surface area contributed by atoms with Crippen molar-refractivity contribution in [3.05, 3.63) is 59.7 Å². The molecule has 0 radical (unpaired) electrons. The van der Waals surface area contributed by atoms with Crippen LogP contribution in [0, 0.1) is 24.1 Å². The number of para-hydroxylation sites is 1. The Morgan fingerprint density at radius 3 is 2.67 bits per heavy atom. The van der Waals surface area contributed by atoms with Crippen LogP contribution in [0.15, 0.2) is 42.6 Å². The number of hydrogen-bond acceptors (Lipinski definition) is 3. The maximum Gasteiger partial charge on any atom is 0.146 e. The quantitative estimate of drug-likeness (QED) is 0.897. The van der Waals surface area contributed by atoms with Crippen LogP contribution in [0.25, 0.3) is 0 Å². The number of benzene rings is 1. The van der Waals surface area contributed by atoms with Gasteiger partial charge in [-0.05, 0) is 25.1 Å². The number of nitrogens with one attached hydrogen (secondary N) is 1. The van der Waals surface area contributed by atoms with E-state index in [9.17, 15) is 4.39 Å². The molecule has 0 aliphatic heterocycles.